The van der Waals surface area contributed by atoms with E-state index < -0.39 is 5.97 Å². The van der Waals surface area contributed by atoms with Crippen molar-refractivity contribution in [2.75, 3.05) is 11.9 Å². The highest BCUT2D eigenvalue weighted by atomic mass is 16.5. The zero-order valence-corrected chi connectivity index (χ0v) is 14.7. The zero-order chi connectivity index (χ0) is 19.1. The van der Waals surface area contributed by atoms with Gasteiger partial charge in [0.1, 0.15) is 5.75 Å². The van der Waals surface area contributed by atoms with Crippen molar-refractivity contribution < 1.29 is 24.2 Å². The molecule has 0 heterocycles. The molecule has 0 aliphatic rings. The average Bonchev–Trinajstić information content (AvgIpc) is 2.58. The van der Waals surface area contributed by atoms with E-state index in [2.05, 4.69) is 5.32 Å². The largest absolute Gasteiger partial charge is 0.494 e. The van der Waals surface area contributed by atoms with Crippen LogP contribution < -0.4 is 10.1 Å². The zero-order valence-electron chi connectivity index (χ0n) is 14.7. The number of benzene rings is 2. The molecule has 136 valence electrons. The van der Waals surface area contributed by atoms with Crippen LogP contribution in [-0.2, 0) is 4.79 Å². The molecule has 0 radical (unpaired) electrons. The first-order valence-corrected chi connectivity index (χ1v) is 8.24. The van der Waals surface area contributed by atoms with Gasteiger partial charge < -0.3 is 15.2 Å². The predicted molar refractivity (Wildman–Crippen MR) is 97.9 cm³/mol. The van der Waals surface area contributed by atoms with E-state index in [4.69, 9.17) is 9.84 Å². The van der Waals surface area contributed by atoms with Crippen LogP contribution in [0, 0.1) is 6.92 Å². The number of hydrogen-bond acceptors (Lipinski definition) is 4. The van der Waals surface area contributed by atoms with Gasteiger partial charge in [0.05, 0.1) is 12.2 Å². The van der Waals surface area contributed by atoms with Crippen molar-refractivity contribution in [2.24, 2.45) is 0 Å². The van der Waals surface area contributed by atoms with Crippen molar-refractivity contribution in [2.45, 2.75) is 26.7 Å². The van der Waals surface area contributed by atoms with Gasteiger partial charge in [-0.1, -0.05) is 12.1 Å². The Bertz CT molecular complexity index is 829. The van der Waals surface area contributed by atoms with Crippen LogP contribution in [0.3, 0.4) is 0 Å². The third-order valence-corrected chi connectivity index (χ3v) is 3.80. The smallest absolute Gasteiger partial charge is 0.335 e. The molecule has 2 aromatic carbocycles. The second kappa shape index (κ2) is 8.80. The van der Waals surface area contributed by atoms with Crippen molar-refractivity contribution >= 4 is 23.3 Å². The number of rotatable bonds is 8. The Hall–Kier alpha value is -3.15. The van der Waals surface area contributed by atoms with Crippen LogP contribution in [0.4, 0.5) is 5.69 Å². The quantitative estimate of drug-likeness (QED) is 0.556. The molecule has 2 N–H and O–H groups in total. The van der Waals surface area contributed by atoms with Gasteiger partial charge >= 0.3 is 5.97 Å². The Morgan fingerprint density at radius 3 is 2.54 bits per heavy atom. The second-order valence-electron chi connectivity index (χ2n) is 5.92. The average molecular weight is 355 g/mol. The standard InChI is InChI=1S/C20H21NO5/c1-13-11-16(8-9-18(13)20(24)25)21-19(23)7-4-10-26-17-6-3-5-15(12-17)14(2)22/h3,5-6,8-9,11-12H,4,7,10H2,1-2H3,(H,21,23)(H,24,25). The van der Waals surface area contributed by atoms with E-state index in [1.807, 2.05) is 0 Å². The molecule has 26 heavy (non-hydrogen) atoms. The summed E-state index contributed by atoms with van der Waals surface area (Å²) >= 11 is 0. The number of carbonyl (C=O) groups excluding carboxylic acids is 2. The van der Waals surface area contributed by atoms with Crippen molar-refractivity contribution in [1.82, 2.24) is 0 Å². The minimum absolute atomic E-state index is 0.0287. The van der Waals surface area contributed by atoms with E-state index in [0.29, 0.717) is 35.6 Å². The van der Waals surface area contributed by atoms with Crippen molar-refractivity contribution in [3.05, 3.63) is 59.2 Å². The number of ether oxygens (including phenoxy) is 1. The monoisotopic (exact) mass is 355 g/mol. The number of hydrogen-bond donors (Lipinski definition) is 2. The maximum Gasteiger partial charge on any atom is 0.335 e. The van der Waals surface area contributed by atoms with Crippen LogP contribution in [0.1, 0.15) is 46.0 Å². The third-order valence-electron chi connectivity index (χ3n) is 3.80. The molecule has 1 amide bonds. The lowest BCUT2D eigenvalue weighted by Crippen LogP contribution is -2.13. The number of amides is 1. The van der Waals surface area contributed by atoms with Crippen LogP contribution in [-0.4, -0.2) is 29.4 Å². The van der Waals surface area contributed by atoms with Gasteiger partial charge in [-0.2, -0.15) is 0 Å². The van der Waals surface area contributed by atoms with E-state index >= 15 is 0 Å². The van der Waals surface area contributed by atoms with Crippen LogP contribution >= 0.6 is 0 Å². The minimum Gasteiger partial charge on any atom is -0.494 e. The molecule has 2 rings (SSSR count). The summed E-state index contributed by atoms with van der Waals surface area (Å²) in [6, 6.07) is 11.6. The van der Waals surface area contributed by atoms with Crippen molar-refractivity contribution in [3.63, 3.8) is 0 Å². The first-order chi connectivity index (χ1) is 12.4. The van der Waals surface area contributed by atoms with Crippen LogP contribution in [0.2, 0.25) is 0 Å². The molecular weight excluding hydrogens is 334 g/mol. The van der Waals surface area contributed by atoms with E-state index in [9.17, 15) is 14.4 Å². The molecule has 0 saturated heterocycles. The lowest BCUT2D eigenvalue weighted by molar-refractivity contribution is -0.116. The van der Waals surface area contributed by atoms with E-state index in [1.54, 1.807) is 43.3 Å². The van der Waals surface area contributed by atoms with Gasteiger partial charge in [-0.15, -0.1) is 0 Å². The minimum atomic E-state index is -0.994. The van der Waals surface area contributed by atoms with Gasteiger partial charge in [-0.05, 0) is 56.2 Å². The molecule has 2 aromatic rings. The highest BCUT2D eigenvalue weighted by Gasteiger charge is 2.09. The molecule has 6 heteroatoms. The fourth-order valence-corrected chi connectivity index (χ4v) is 2.43. The number of nitrogens with one attached hydrogen (secondary N) is 1. The molecule has 0 aliphatic carbocycles. The highest BCUT2D eigenvalue weighted by Crippen LogP contribution is 2.16. The van der Waals surface area contributed by atoms with E-state index in [0.717, 1.165) is 0 Å². The number of carbonyl (C=O) groups is 3. The number of anilines is 1. The molecule has 6 nitrogen and oxygen atoms in total. The fourth-order valence-electron chi connectivity index (χ4n) is 2.43. The summed E-state index contributed by atoms with van der Waals surface area (Å²) in [5.41, 5.74) is 1.95. The number of carboxylic acids is 1. The highest BCUT2D eigenvalue weighted by molar-refractivity contribution is 5.94. The Labute approximate surface area is 151 Å². The molecule has 0 bridgehead atoms. The normalized spacial score (nSPS) is 10.2. The number of aryl methyl sites for hydroxylation is 1. The van der Waals surface area contributed by atoms with E-state index in [1.165, 1.54) is 13.0 Å². The first-order valence-electron chi connectivity index (χ1n) is 8.24. The van der Waals surface area contributed by atoms with Gasteiger partial charge in [0.25, 0.3) is 0 Å². The SMILES string of the molecule is CC(=O)c1cccc(OCCCC(=O)Nc2ccc(C(=O)O)c(C)c2)c1. The maximum atomic E-state index is 12.0. The van der Waals surface area contributed by atoms with Gasteiger partial charge in [0, 0.05) is 17.7 Å². The topological polar surface area (TPSA) is 92.7 Å². The maximum absolute atomic E-state index is 12.0. The number of Topliss-reactive ketones (excluding diaryl/α,β-unsaturated/α-hetero) is 1. The number of carboxylic acid groups (broad SMARTS) is 1. The van der Waals surface area contributed by atoms with Crippen LogP contribution in [0.5, 0.6) is 5.75 Å². The molecule has 0 saturated carbocycles. The summed E-state index contributed by atoms with van der Waals surface area (Å²) in [4.78, 5) is 34.3. The van der Waals surface area contributed by atoms with Gasteiger partial charge in [-0.3, -0.25) is 9.59 Å². The van der Waals surface area contributed by atoms with Crippen molar-refractivity contribution in [1.29, 1.82) is 0 Å². The van der Waals surface area contributed by atoms with Gasteiger partial charge in [0.2, 0.25) is 5.91 Å². The Morgan fingerprint density at radius 1 is 1.12 bits per heavy atom. The summed E-state index contributed by atoms with van der Waals surface area (Å²) in [6.07, 6.45) is 0.786. The summed E-state index contributed by atoms with van der Waals surface area (Å²) in [7, 11) is 0. The third kappa shape index (κ3) is 5.44. The van der Waals surface area contributed by atoms with Gasteiger partial charge in [-0.25, -0.2) is 4.79 Å². The summed E-state index contributed by atoms with van der Waals surface area (Å²) in [6.45, 7) is 3.53. The molecule has 0 aliphatic heterocycles. The number of aromatic carboxylic acids is 1. The first kappa shape index (κ1) is 19.2. The summed E-state index contributed by atoms with van der Waals surface area (Å²) < 4.78 is 5.56. The lowest BCUT2D eigenvalue weighted by Gasteiger charge is -2.09. The molecule has 0 aromatic heterocycles. The fraction of sp³-hybridized carbons (Fsp3) is 0.250. The van der Waals surface area contributed by atoms with Crippen LogP contribution in [0.25, 0.3) is 0 Å². The lowest BCUT2D eigenvalue weighted by atomic mass is 10.1. The number of ketones is 1. The molecule has 0 atom stereocenters. The summed E-state index contributed by atoms with van der Waals surface area (Å²) in [5.74, 6) is -0.600. The van der Waals surface area contributed by atoms with Crippen molar-refractivity contribution in [3.8, 4) is 5.75 Å². The molecule has 0 unspecified atom stereocenters. The Balaban J connectivity index is 1.79. The van der Waals surface area contributed by atoms with Crippen LogP contribution in [0.15, 0.2) is 42.5 Å². The predicted octanol–water partition coefficient (Wildman–Crippen LogP) is 3.69. The molecule has 0 fully saturated rings. The Morgan fingerprint density at radius 2 is 1.88 bits per heavy atom. The summed E-state index contributed by atoms with van der Waals surface area (Å²) in [5, 5.41) is 11.7. The Kier molecular flexibility index (Phi) is 6.49. The van der Waals surface area contributed by atoms with E-state index in [-0.39, 0.29) is 23.7 Å². The van der Waals surface area contributed by atoms with Gasteiger partial charge in [0.15, 0.2) is 5.78 Å². The second-order valence-corrected chi connectivity index (χ2v) is 5.92. The molecule has 0 spiro atoms. The molecular formula is C20H21NO5.